The number of halogens is 2. The summed E-state index contributed by atoms with van der Waals surface area (Å²) in [5.74, 6) is 1.13. The summed E-state index contributed by atoms with van der Waals surface area (Å²) >= 11 is 8.46. The van der Waals surface area contributed by atoms with Crippen molar-refractivity contribution < 1.29 is 9.47 Å². The maximum atomic E-state index is 6.25. The number of nitrogens with one attached hydrogen (secondary N) is 1. The van der Waals surface area contributed by atoms with E-state index in [-0.39, 0.29) is 0 Å². The molecule has 0 radical (unpaired) electrons. The molecule has 1 N–H and O–H groups in total. The number of hydrogen-bond acceptors (Lipinski definition) is 7. The van der Waals surface area contributed by atoms with Crippen LogP contribution in [0.1, 0.15) is 11.8 Å². The van der Waals surface area contributed by atoms with Crippen molar-refractivity contribution in [2.75, 3.05) is 18.7 Å². The van der Waals surface area contributed by atoms with Crippen LogP contribution < -0.4 is 14.8 Å². The van der Waals surface area contributed by atoms with Crippen LogP contribution in [0.3, 0.4) is 0 Å². The standard InChI is InChI=1S/C18H14Br2N4O2S/c1-25-14-6-4-10(20)8-12(14)16-21-13-5-3-9(19)7-11(13)15-17(26-16)22-18(27-2)24-23-15/h3-8,16,21H,1-2H3/t16-/m0/s1. The molecule has 6 nitrogen and oxygen atoms in total. The topological polar surface area (TPSA) is 69.2 Å². The molecule has 1 atom stereocenters. The first-order chi connectivity index (χ1) is 13.1. The Labute approximate surface area is 177 Å². The van der Waals surface area contributed by atoms with Gasteiger partial charge in [0, 0.05) is 20.2 Å². The van der Waals surface area contributed by atoms with E-state index in [0.29, 0.717) is 22.5 Å². The van der Waals surface area contributed by atoms with Gasteiger partial charge in [-0.05, 0) is 42.7 Å². The highest BCUT2D eigenvalue weighted by Gasteiger charge is 2.28. The van der Waals surface area contributed by atoms with Gasteiger partial charge in [0.15, 0.2) is 5.69 Å². The van der Waals surface area contributed by atoms with Gasteiger partial charge in [-0.1, -0.05) is 43.6 Å². The minimum atomic E-state index is -0.509. The van der Waals surface area contributed by atoms with Gasteiger partial charge in [0.05, 0.1) is 12.7 Å². The van der Waals surface area contributed by atoms with Crippen LogP contribution in [0.15, 0.2) is 50.5 Å². The van der Waals surface area contributed by atoms with Gasteiger partial charge in [0.25, 0.3) is 0 Å². The fraction of sp³-hybridized carbons (Fsp3) is 0.167. The third-order valence-electron chi connectivity index (χ3n) is 4.04. The Hall–Kier alpha value is -1.84. The molecule has 0 saturated heterocycles. The third kappa shape index (κ3) is 3.63. The Morgan fingerprint density at radius 3 is 2.67 bits per heavy atom. The molecule has 0 spiro atoms. The predicted molar refractivity (Wildman–Crippen MR) is 112 cm³/mol. The zero-order chi connectivity index (χ0) is 19.0. The van der Waals surface area contributed by atoms with Gasteiger partial charge in [-0.15, -0.1) is 10.2 Å². The quantitative estimate of drug-likeness (QED) is 0.480. The number of ether oxygens (including phenoxy) is 2. The largest absolute Gasteiger partial charge is 0.496 e. The van der Waals surface area contributed by atoms with Crippen LogP contribution in [-0.4, -0.2) is 28.5 Å². The first kappa shape index (κ1) is 18.5. The number of nitrogens with zero attached hydrogens (tertiary/aromatic N) is 3. The number of thioether (sulfide) groups is 1. The van der Waals surface area contributed by atoms with Crippen LogP contribution in [0, 0.1) is 0 Å². The van der Waals surface area contributed by atoms with E-state index < -0.39 is 6.23 Å². The van der Waals surface area contributed by atoms with Crippen molar-refractivity contribution >= 4 is 49.3 Å². The minimum absolute atomic E-state index is 0.422. The van der Waals surface area contributed by atoms with E-state index in [1.807, 2.05) is 42.7 Å². The molecule has 0 aliphatic carbocycles. The molecule has 1 aliphatic rings. The molecule has 1 aromatic heterocycles. The fourth-order valence-electron chi connectivity index (χ4n) is 2.81. The first-order valence-corrected chi connectivity index (χ1v) is 10.8. The third-order valence-corrected chi connectivity index (χ3v) is 5.57. The molecule has 0 unspecified atom stereocenters. The summed E-state index contributed by atoms with van der Waals surface area (Å²) < 4.78 is 13.6. The number of hydrogen-bond donors (Lipinski definition) is 1. The summed E-state index contributed by atoms with van der Waals surface area (Å²) in [7, 11) is 1.64. The van der Waals surface area contributed by atoms with Gasteiger partial charge in [-0.25, -0.2) is 0 Å². The summed E-state index contributed by atoms with van der Waals surface area (Å²) in [5.41, 5.74) is 3.17. The first-order valence-electron chi connectivity index (χ1n) is 7.94. The van der Waals surface area contributed by atoms with E-state index in [2.05, 4.69) is 52.4 Å². The Bertz CT molecular complexity index is 1020. The molecule has 9 heteroatoms. The molecule has 27 heavy (non-hydrogen) atoms. The van der Waals surface area contributed by atoms with Gasteiger partial charge >= 0.3 is 0 Å². The fourth-order valence-corrected chi connectivity index (χ4v) is 3.84. The molecule has 2 aromatic carbocycles. The van der Waals surface area contributed by atoms with E-state index >= 15 is 0 Å². The van der Waals surface area contributed by atoms with Gasteiger partial charge in [0.1, 0.15) is 5.75 Å². The predicted octanol–water partition coefficient (Wildman–Crippen LogP) is 5.30. The number of fused-ring (bicyclic) bond motifs is 3. The van der Waals surface area contributed by atoms with Crippen molar-refractivity contribution in [1.82, 2.24) is 15.2 Å². The maximum absolute atomic E-state index is 6.25. The van der Waals surface area contributed by atoms with Gasteiger partial charge < -0.3 is 14.8 Å². The second kappa shape index (κ2) is 7.65. The van der Waals surface area contributed by atoms with Crippen LogP contribution >= 0.6 is 43.6 Å². The molecule has 1 aliphatic heterocycles. The average molecular weight is 510 g/mol. The lowest BCUT2D eigenvalue weighted by atomic mass is 10.1. The van der Waals surface area contributed by atoms with E-state index in [0.717, 1.165) is 25.8 Å². The molecule has 138 valence electrons. The van der Waals surface area contributed by atoms with Crippen molar-refractivity contribution in [3.8, 4) is 22.9 Å². The van der Waals surface area contributed by atoms with Crippen LogP contribution in [-0.2, 0) is 0 Å². The molecule has 0 bridgehead atoms. The summed E-state index contributed by atoms with van der Waals surface area (Å²) in [4.78, 5) is 4.53. The summed E-state index contributed by atoms with van der Waals surface area (Å²) in [6.45, 7) is 0. The molecule has 0 amide bonds. The van der Waals surface area contributed by atoms with E-state index in [1.165, 1.54) is 11.8 Å². The molecule has 2 heterocycles. The highest BCUT2D eigenvalue weighted by molar-refractivity contribution is 9.10. The zero-order valence-electron chi connectivity index (χ0n) is 14.4. The van der Waals surface area contributed by atoms with Gasteiger partial charge in [0.2, 0.25) is 17.3 Å². The highest BCUT2D eigenvalue weighted by atomic mass is 79.9. The van der Waals surface area contributed by atoms with Gasteiger partial charge in [-0.3, -0.25) is 0 Å². The normalized spacial score (nSPS) is 15.0. The lowest BCUT2D eigenvalue weighted by molar-refractivity contribution is 0.219. The van der Waals surface area contributed by atoms with Crippen molar-refractivity contribution in [3.63, 3.8) is 0 Å². The number of aromatic nitrogens is 3. The van der Waals surface area contributed by atoms with Crippen LogP contribution in [0.4, 0.5) is 5.69 Å². The minimum Gasteiger partial charge on any atom is -0.496 e. The summed E-state index contributed by atoms with van der Waals surface area (Å²) in [5, 5.41) is 12.5. The van der Waals surface area contributed by atoms with Crippen LogP contribution in [0.5, 0.6) is 11.6 Å². The monoisotopic (exact) mass is 508 g/mol. The lowest BCUT2D eigenvalue weighted by Crippen LogP contribution is -2.18. The summed E-state index contributed by atoms with van der Waals surface area (Å²) in [6, 6.07) is 11.7. The highest BCUT2D eigenvalue weighted by Crippen LogP contribution is 2.42. The zero-order valence-corrected chi connectivity index (χ0v) is 18.4. The SMILES string of the molecule is COc1ccc(Br)cc1[C@H]1Nc2ccc(Br)cc2-c2nnc(SC)nc2O1. The average Bonchev–Trinajstić information content (AvgIpc) is 2.84. The van der Waals surface area contributed by atoms with Crippen molar-refractivity contribution in [1.29, 1.82) is 0 Å². The Morgan fingerprint density at radius 2 is 1.89 bits per heavy atom. The molecule has 3 aromatic rings. The van der Waals surface area contributed by atoms with Crippen LogP contribution in [0.2, 0.25) is 0 Å². The maximum Gasteiger partial charge on any atom is 0.247 e. The Kier molecular flexibility index (Phi) is 5.25. The van der Waals surface area contributed by atoms with Gasteiger partial charge in [-0.2, -0.15) is 4.98 Å². The van der Waals surface area contributed by atoms with E-state index in [4.69, 9.17) is 9.47 Å². The lowest BCUT2D eigenvalue weighted by Gasteiger charge is -2.21. The van der Waals surface area contributed by atoms with Crippen molar-refractivity contribution in [3.05, 3.63) is 50.9 Å². The molecule has 4 rings (SSSR count). The van der Waals surface area contributed by atoms with Crippen molar-refractivity contribution in [2.45, 2.75) is 11.4 Å². The van der Waals surface area contributed by atoms with E-state index in [9.17, 15) is 0 Å². The summed E-state index contributed by atoms with van der Waals surface area (Å²) in [6.07, 6.45) is 1.39. The molecular weight excluding hydrogens is 496 g/mol. The van der Waals surface area contributed by atoms with Crippen molar-refractivity contribution in [2.24, 2.45) is 0 Å². The Balaban J connectivity index is 1.90. The number of benzene rings is 2. The van der Waals surface area contributed by atoms with E-state index in [1.54, 1.807) is 7.11 Å². The second-order valence-corrected chi connectivity index (χ2v) is 8.28. The smallest absolute Gasteiger partial charge is 0.247 e. The Morgan fingerprint density at radius 1 is 1.11 bits per heavy atom. The molecular formula is C18H14Br2N4O2S. The second-order valence-electron chi connectivity index (χ2n) is 5.67. The number of anilines is 1. The number of rotatable bonds is 3. The number of methoxy groups -OCH3 is 1. The van der Waals surface area contributed by atoms with Crippen LogP contribution in [0.25, 0.3) is 11.3 Å². The molecule has 0 saturated carbocycles. The molecule has 0 fully saturated rings.